The minimum atomic E-state index is -4.64. The van der Waals surface area contributed by atoms with Crippen molar-refractivity contribution in [3.8, 4) is 0 Å². The molecule has 6 N–H and O–H groups in total. The SMILES string of the molecule is N1PNPNP1.O=P(O)(O)O. The van der Waals surface area contributed by atoms with Gasteiger partial charge < -0.3 is 14.7 Å². The molecule has 68 valence electrons. The normalized spacial score (nSPS) is 25.0. The summed E-state index contributed by atoms with van der Waals surface area (Å²) in [5, 5.41) is 0. The molecule has 1 aliphatic rings. The van der Waals surface area contributed by atoms with Gasteiger partial charge in [0.1, 0.15) is 0 Å². The van der Waals surface area contributed by atoms with Crippen LogP contribution in [0.25, 0.3) is 0 Å². The molecule has 0 saturated carbocycles. The van der Waals surface area contributed by atoms with E-state index in [4.69, 9.17) is 19.2 Å². The second kappa shape index (κ2) is 6.76. The van der Waals surface area contributed by atoms with Crippen LogP contribution in [0.2, 0.25) is 0 Å². The molecule has 0 amide bonds. The van der Waals surface area contributed by atoms with Gasteiger partial charge in [-0.25, -0.2) is 4.57 Å². The van der Waals surface area contributed by atoms with Gasteiger partial charge in [-0.05, 0) is 0 Å². The maximum atomic E-state index is 8.88. The van der Waals surface area contributed by atoms with Crippen LogP contribution in [0.5, 0.6) is 0 Å². The van der Waals surface area contributed by atoms with Crippen LogP contribution in [0, 0.1) is 0 Å². The molecule has 7 nitrogen and oxygen atoms in total. The summed E-state index contributed by atoms with van der Waals surface area (Å²) < 4.78 is 8.88. The monoisotopic (exact) mass is 239 g/mol. The molecule has 1 heterocycles. The summed E-state index contributed by atoms with van der Waals surface area (Å²) in [7, 11) is -2.35. The standard InChI is InChI=1S/H6N3P3.H3O4P/c1-4-2-6-3-5-1;1-5(2,3)4/h1-6H;(H3,1,2,3,4). The quantitative estimate of drug-likeness (QED) is 0.312. The molecule has 11 heteroatoms. The molecule has 0 aromatic rings. The van der Waals surface area contributed by atoms with E-state index in [0.29, 0.717) is 0 Å². The van der Waals surface area contributed by atoms with Crippen molar-refractivity contribution in [2.24, 2.45) is 0 Å². The van der Waals surface area contributed by atoms with Crippen LogP contribution >= 0.6 is 34.5 Å². The zero-order chi connectivity index (χ0) is 8.74. The predicted octanol–water partition coefficient (Wildman–Crippen LogP) is -0.634. The molecule has 11 heavy (non-hydrogen) atoms. The maximum Gasteiger partial charge on any atom is 0.466 e. The lowest BCUT2D eigenvalue weighted by Gasteiger charge is -2.12. The fourth-order valence-electron chi connectivity index (χ4n) is 0.188. The molecule has 0 bridgehead atoms. The fourth-order valence-corrected chi connectivity index (χ4v) is 3.38. The van der Waals surface area contributed by atoms with Crippen molar-refractivity contribution in [1.29, 1.82) is 0 Å². The Balaban J connectivity index is 0.000000187. The third-order valence-corrected chi connectivity index (χ3v) is 3.38. The highest BCUT2D eigenvalue weighted by Gasteiger charge is 2.00. The van der Waals surface area contributed by atoms with Crippen molar-refractivity contribution in [3.05, 3.63) is 0 Å². The van der Waals surface area contributed by atoms with Gasteiger partial charge in [0.2, 0.25) is 0 Å². The summed E-state index contributed by atoms with van der Waals surface area (Å²) in [5.74, 6) is 0. The van der Waals surface area contributed by atoms with Gasteiger partial charge in [0, 0.05) is 26.6 Å². The van der Waals surface area contributed by atoms with E-state index < -0.39 is 7.82 Å². The van der Waals surface area contributed by atoms with E-state index in [1.54, 1.807) is 0 Å². The topological polar surface area (TPSA) is 114 Å². The zero-order valence-electron chi connectivity index (χ0n) is 5.20. The summed E-state index contributed by atoms with van der Waals surface area (Å²) in [6.45, 7) is 0. The van der Waals surface area contributed by atoms with Gasteiger partial charge in [0.15, 0.2) is 0 Å². The van der Waals surface area contributed by atoms with E-state index in [2.05, 4.69) is 14.6 Å². The van der Waals surface area contributed by atoms with Crippen LogP contribution in [0.4, 0.5) is 0 Å². The Labute approximate surface area is 69.0 Å². The first-order valence-corrected chi connectivity index (χ1v) is 6.85. The van der Waals surface area contributed by atoms with Crippen LogP contribution in [0.3, 0.4) is 0 Å². The van der Waals surface area contributed by atoms with E-state index in [1.807, 2.05) is 0 Å². The lowest BCUT2D eigenvalue weighted by molar-refractivity contribution is 0.275. The van der Waals surface area contributed by atoms with Gasteiger partial charge in [-0.3, -0.25) is 14.6 Å². The van der Waals surface area contributed by atoms with Crippen molar-refractivity contribution in [1.82, 2.24) is 14.6 Å². The van der Waals surface area contributed by atoms with Gasteiger partial charge in [-0.1, -0.05) is 0 Å². The summed E-state index contributed by atoms with van der Waals surface area (Å²) in [6.07, 6.45) is 0. The molecule has 1 fully saturated rings. The lowest BCUT2D eigenvalue weighted by Crippen LogP contribution is -2.07. The van der Waals surface area contributed by atoms with Crippen LogP contribution in [0.1, 0.15) is 0 Å². The Morgan fingerprint density at radius 1 is 0.909 bits per heavy atom. The van der Waals surface area contributed by atoms with Gasteiger partial charge in [-0.2, -0.15) is 0 Å². The third kappa shape index (κ3) is 18.3. The second-order valence-electron chi connectivity index (χ2n) is 1.26. The van der Waals surface area contributed by atoms with Gasteiger partial charge in [-0.15, -0.1) is 0 Å². The average Bonchev–Trinajstić information content (AvgIpc) is 1.88. The molecular weight excluding hydrogens is 230 g/mol. The molecule has 0 radical (unpaired) electrons. The highest BCUT2D eigenvalue weighted by atomic mass is 31.2. The third-order valence-electron chi connectivity index (χ3n) is 0.375. The molecule has 0 aromatic carbocycles. The molecule has 0 aliphatic carbocycles. The molecule has 1 rings (SSSR count). The summed E-state index contributed by atoms with van der Waals surface area (Å²) in [4.78, 5) is 30.9. The molecule has 1 aliphatic heterocycles. The second-order valence-corrected chi connectivity index (χ2v) is 6.04. The molecule has 1 saturated heterocycles. The Morgan fingerprint density at radius 2 is 1.09 bits per heavy atom. The highest BCUT2D eigenvalue weighted by Crippen LogP contribution is 2.25. The van der Waals surface area contributed by atoms with E-state index in [1.165, 1.54) is 0 Å². The molecular formula is H9N3O4P4. The predicted molar refractivity (Wildman–Crippen MR) is 48.6 cm³/mol. The van der Waals surface area contributed by atoms with Gasteiger partial charge >= 0.3 is 7.82 Å². The van der Waals surface area contributed by atoms with Crippen molar-refractivity contribution in [2.45, 2.75) is 0 Å². The largest absolute Gasteiger partial charge is 0.466 e. The number of rotatable bonds is 0. The maximum absolute atomic E-state index is 8.88. The van der Waals surface area contributed by atoms with Gasteiger partial charge in [0.05, 0.1) is 0 Å². The van der Waals surface area contributed by atoms with Crippen LogP contribution in [0.15, 0.2) is 0 Å². The van der Waals surface area contributed by atoms with E-state index in [-0.39, 0.29) is 0 Å². The fraction of sp³-hybridized carbons (Fsp3) is 0. The van der Waals surface area contributed by atoms with Crippen molar-refractivity contribution in [2.75, 3.05) is 0 Å². The minimum Gasteiger partial charge on any atom is -0.303 e. The Morgan fingerprint density at radius 3 is 1.18 bits per heavy atom. The summed E-state index contributed by atoms with van der Waals surface area (Å²) in [5.41, 5.74) is 0. The Kier molecular flexibility index (Phi) is 7.55. The average molecular weight is 239 g/mol. The Bertz CT molecular complexity index is 110. The van der Waals surface area contributed by atoms with Crippen LogP contribution in [-0.2, 0) is 4.57 Å². The van der Waals surface area contributed by atoms with E-state index >= 15 is 0 Å². The number of hydrogen-bond donors (Lipinski definition) is 6. The lowest BCUT2D eigenvalue weighted by atomic mass is 13.8. The minimum absolute atomic E-state index is 0.764. The first kappa shape index (κ1) is 12.3. The summed E-state index contributed by atoms with van der Waals surface area (Å²) in [6, 6.07) is 0. The molecule has 0 aromatic heterocycles. The van der Waals surface area contributed by atoms with Crippen LogP contribution < -0.4 is 14.6 Å². The Hall–Kier alpha value is 1.28. The first-order valence-electron chi connectivity index (χ1n) is 2.28. The van der Waals surface area contributed by atoms with Crippen molar-refractivity contribution < 1.29 is 19.2 Å². The van der Waals surface area contributed by atoms with Crippen molar-refractivity contribution in [3.63, 3.8) is 0 Å². The smallest absolute Gasteiger partial charge is 0.303 e. The van der Waals surface area contributed by atoms with E-state index in [9.17, 15) is 0 Å². The summed E-state index contributed by atoms with van der Waals surface area (Å²) >= 11 is 0. The van der Waals surface area contributed by atoms with Crippen LogP contribution in [-0.4, -0.2) is 14.7 Å². The first-order chi connectivity index (χ1) is 5.00. The molecule has 0 spiro atoms. The molecule has 0 unspecified atom stereocenters. The zero-order valence-corrected chi connectivity index (χ0v) is 9.09. The van der Waals surface area contributed by atoms with Gasteiger partial charge in [0.25, 0.3) is 0 Å². The van der Waals surface area contributed by atoms with E-state index in [0.717, 1.165) is 26.6 Å². The number of nitrogens with one attached hydrogen (secondary N) is 3. The molecule has 0 atom stereocenters. The highest BCUT2D eigenvalue weighted by molar-refractivity contribution is 7.65. The van der Waals surface area contributed by atoms with Crippen molar-refractivity contribution >= 4 is 34.5 Å². The number of phosphoric acid groups is 1. The number of hydrogen-bond acceptors (Lipinski definition) is 4.